The molecule has 0 atom stereocenters. The van der Waals surface area contributed by atoms with Gasteiger partial charge < -0.3 is 0 Å². The van der Waals surface area contributed by atoms with Crippen LogP contribution in [0.4, 0.5) is 0 Å². The smallest absolute Gasteiger partial charge is 0.160 e. The lowest BCUT2D eigenvalue weighted by Gasteiger charge is -2.22. The number of aromatic nitrogens is 2. The predicted molar refractivity (Wildman–Crippen MR) is 198 cm³/mol. The summed E-state index contributed by atoms with van der Waals surface area (Å²) in [4.78, 5) is 10.5. The fraction of sp³-hybridized carbons (Fsp3) is 0.0667. The third kappa shape index (κ3) is 3.79. The Labute approximate surface area is 273 Å². The fourth-order valence-corrected chi connectivity index (χ4v) is 8.04. The van der Waals surface area contributed by atoms with E-state index in [0.717, 1.165) is 33.5 Å². The number of rotatable bonds is 2. The summed E-state index contributed by atoms with van der Waals surface area (Å²) in [7, 11) is 0. The van der Waals surface area contributed by atoms with Crippen LogP contribution >= 0.6 is 0 Å². The minimum absolute atomic E-state index is 0.132. The Hall–Kier alpha value is -5.86. The lowest BCUT2D eigenvalue weighted by atomic mass is 9.81. The van der Waals surface area contributed by atoms with E-state index in [0.29, 0.717) is 0 Å². The van der Waals surface area contributed by atoms with Crippen molar-refractivity contribution in [2.75, 3.05) is 0 Å². The minimum atomic E-state index is -0.132. The van der Waals surface area contributed by atoms with Gasteiger partial charge in [-0.1, -0.05) is 129 Å². The van der Waals surface area contributed by atoms with Crippen molar-refractivity contribution < 1.29 is 0 Å². The molecule has 47 heavy (non-hydrogen) atoms. The third-order valence-electron chi connectivity index (χ3n) is 10.4. The summed E-state index contributed by atoms with van der Waals surface area (Å²) in [5, 5.41) is 11.2. The molecular formula is C45H30N2. The highest BCUT2D eigenvalue weighted by Crippen LogP contribution is 2.51. The molecule has 0 radical (unpaired) electrons. The Balaban J connectivity index is 1.18. The van der Waals surface area contributed by atoms with E-state index in [4.69, 9.17) is 9.97 Å². The molecule has 0 amide bonds. The molecule has 0 fully saturated rings. The molecule has 0 saturated carbocycles. The van der Waals surface area contributed by atoms with Crippen molar-refractivity contribution >= 4 is 54.0 Å². The maximum atomic E-state index is 5.35. The number of benzene rings is 8. The van der Waals surface area contributed by atoms with Crippen LogP contribution in [0, 0.1) is 0 Å². The van der Waals surface area contributed by atoms with Gasteiger partial charge in [-0.3, -0.25) is 0 Å². The number of para-hydroxylation sites is 1. The lowest BCUT2D eigenvalue weighted by molar-refractivity contribution is 0.661. The van der Waals surface area contributed by atoms with E-state index in [1.807, 2.05) is 0 Å². The zero-order valence-corrected chi connectivity index (χ0v) is 26.3. The van der Waals surface area contributed by atoms with Crippen molar-refractivity contribution in [1.29, 1.82) is 0 Å². The van der Waals surface area contributed by atoms with Crippen LogP contribution in [-0.4, -0.2) is 9.97 Å². The van der Waals surface area contributed by atoms with E-state index in [1.54, 1.807) is 0 Å². The molecule has 0 N–H and O–H groups in total. The van der Waals surface area contributed by atoms with Gasteiger partial charge in [0.15, 0.2) is 5.82 Å². The molecule has 1 aliphatic rings. The summed E-state index contributed by atoms with van der Waals surface area (Å²) < 4.78 is 0. The summed E-state index contributed by atoms with van der Waals surface area (Å²) in [6.07, 6.45) is 0. The van der Waals surface area contributed by atoms with Crippen molar-refractivity contribution in [3.05, 3.63) is 157 Å². The van der Waals surface area contributed by atoms with Gasteiger partial charge in [0.05, 0.1) is 11.2 Å². The molecule has 0 spiro atoms. The Morgan fingerprint density at radius 2 is 0.957 bits per heavy atom. The summed E-state index contributed by atoms with van der Waals surface area (Å²) in [5.41, 5.74) is 9.23. The van der Waals surface area contributed by atoms with E-state index in [9.17, 15) is 0 Å². The van der Waals surface area contributed by atoms with Crippen LogP contribution in [0.15, 0.2) is 146 Å². The quantitative estimate of drug-likeness (QED) is 0.185. The maximum Gasteiger partial charge on any atom is 0.160 e. The summed E-state index contributed by atoms with van der Waals surface area (Å²) in [6, 6.07) is 52.9. The largest absolute Gasteiger partial charge is 0.228 e. The third-order valence-corrected chi connectivity index (χ3v) is 10.4. The highest BCUT2D eigenvalue weighted by Gasteiger charge is 2.36. The molecule has 9 aromatic rings. The fourth-order valence-electron chi connectivity index (χ4n) is 8.04. The molecule has 0 unspecified atom stereocenters. The van der Waals surface area contributed by atoms with Crippen LogP contribution in [0.2, 0.25) is 0 Å². The first-order chi connectivity index (χ1) is 23.0. The second-order valence-electron chi connectivity index (χ2n) is 13.4. The Bertz CT molecular complexity index is 2740. The number of hydrogen-bond donors (Lipinski definition) is 0. The molecule has 1 aromatic heterocycles. The summed E-state index contributed by atoms with van der Waals surface area (Å²) in [5.74, 6) is 0.752. The molecular weight excluding hydrogens is 569 g/mol. The first-order valence-corrected chi connectivity index (χ1v) is 16.3. The Morgan fingerprint density at radius 3 is 1.68 bits per heavy atom. The van der Waals surface area contributed by atoms with Crippen LogP contribution in [0.5, 0.6) is 0 Å². The van der Waals surface area contributed by atoms with Crippen LogP contribution in [-0.2, 0) is 5.41 Å². The molecule has 2 heteroatoms. The van der Waals surface area contributed by atoms with Crippen molar-refractivity contribution in [2.45, 2.75) is 19.3 Å². The predicted octanol–water partition coefficient (Wildman–Crippen LogP) is 11.9. The van der Waals surface area contributed by atoms with Crippen molar-refractivity contribution in [2.24, 2.45) is 0 Å². The maximum absolute atomic E-state index is 5.35. The summed E-state index contributed by atoms with van der Waals surface area (Å²) in [6.45, 7) is 4.68. The molecule has 220 valence electrons. The first-order valence-electron chi connectivity index (χ1n) is 16.3. The van der Waals surface area contributed by atoms with Gasteiger partial charge >= 0.3 is 0 Å². The van der Waals surface area contributed by atoms with Crippen LogP contribution in [0.1, 0.15) is 25.0 Å². The van der Waals surface area contributed by atoms with E-state index in [-0.39, 0.29) is 5.41 Å². The van der Waals surface area contributed by atoms with E-state index in [2.05, 4.69) is 159 Å². The zero-order valence-electron chi connectivity index (χ0n) is 26.3. The summed E-state index contributed by atoms with van der Waals surface area (Å²) >= 11 is 0. The Kier molecular flexibility index (Phi) is 5.37. The number of fused-ring (bicyclic) bond motifs is 11. The Morgan fingerprint density at radius 1 is 0.404 bits per heavy atom. The van der Waals surface area contributed by atoms with E-state index >= 15 is 0 Å². The standard InChI is InChI=1S/C45H30N2/c1-45(2)40-26-30(20-22-36(40)39-23-27-11-3-4-12-28(27)25-41(39)45)44-46-42-18-10-9-17-37(42)43(47-44)29-19-21-35-33-15-6-5-13-31(33)32-14-7-8-16-34(32)38(35)24-29/h3-26H,1-2H3. The number of hydrogen-bond acceptors (Lipinski definition) is 2. The normalized spacial score (nSPS) is 13.5. The SMILES string of the molecule is CC1(C)c2cc(-c3nc(-c4ccc5c6ccccc6c6ccccc6c5c4)c4ccccc4n3)ccc2-c2cc3ccccc3cc21. The molecule has 1 aliphatic carbocycles. The van der Waals surface area contributed by atoms with Gasteiger partial charge in [0.1, 0.15) is 0 Å². The average molecular weight is 599 g/mol. The van der Waals surface area contributed by atoms with Crippen LogP contribution in [0.3, 0.4) is 0 Å². The monoisotopic (exact) mass is 598 g/mol. The van der Waals surface area contributed by atoms with Gasteiger partial charge in [-0.05, 0) is 95.7 Å². The van der Waals surface area contributed by atoms with Gasteiger partial charge in [0.25, 0.3) is 0 Å². The van der Waals surface area contributed by atoms with Crippen LogP contribution < -0.4 is 0 Å². The molecule has 10 rings (SSSR count). The first kappa shape index (κ1) is 26.4. The zero-order chi connectivity index (χ0) is 31.3. The average Bonchev–Trinajstić information content (AvgIpc) is 3.34. The van der Waals surface area contributed by atoms with Gasteiger partial charge in [0.2, 0.25) is 0 Å². The highest BCUT2D eigenvalue weighted by molar-refractivity contribution is 6.25. The van der Waals surface area contributed by atoms with Crippen LogP contribution in [0.25, 0.3) is 87.8 Å². The van der Waals surface area contributed by atoms with Gasteiger partial charge in [-0.25, -0.2) is 9.97 Å². The van der Waals surface area contributed by atoms with Gasteiger partial charge in [0, 0.05) is 21.9 Å². The molecule has 1 heterocycles. The molecule has 0 saturated heterocycles. The van der Waals surface area contributed by atoms with Crippen molar-refractivity contribution in [1.82, 2.24) is 9.97 Å². The van der Waals surface area contributed by atoms with E-state index < -0.39 is 0 Å². The number of nitrogens with zero attached hydrogens (tertiary/aromatic N) is 2. The molecule has 2 nitrogen and oxygen atoms in total. The van der Waals surface area contributed by atoms with E-state index in [1.165, 1.54) is 65.3 Å². The second-order valence-corrected chi connectivity index (χ2v) is 13.4. The van der Waals surface area contributed by atoms with Gasteiger partial charge in [-0.15, -0.1) is 0 Å². The second kappa shape index (κ2) is 9.57. The van der Waals surface area contributed by atoms with Crippen molar-refractivity contribution in [3.63, 3.8) is 0 Å². The topological polar surface area (TPSA) is 25.8 Å². The minimum Gasteiger partial charge on any atom is -0.228 e. The molecule has 0 bridgehead atoms. The van der Waals surface area contributed by atoms with Crippen molar-refractivity contribution in [3.8, 4) is 33.8 Å². The molecule has 8 aromatic carbocycles. The molecule has 0 aliphatic heterocycles. The highest BCUT2D eigenvalue weighted by atomic mass is 14.9. The van der Waals surface area contributed by atoms with Gasteiger partial charge in [-0.2, -0.15) is 0 Å². The lowest BCUT2D eigenvalue weighted by Crippen LogP contribution is -2.15.